The minimum atomic E-state index is -0.993. The number of nitrogens with zero attached hydrogens (tertiary/aromatic N) is 2. The second-order valence-corrected chi connectivity index (χ2v) is 7.39. The number of rotatable bonds is 4. The third-order valence-electron chi connectivity index (χ3n) is 5.67. The summed E-state index contributed by atoms with van der Waals surface area (Å²) in [6, 6.07) is 21.4. The van der Waals surface area contributed by atoms with Crippen LogP contribution in [-0.2, 0) is 14.4 Å². The number of carbonyl (C=O) groups excluding carboxylic acids is 2. The van der Waals surface area contributed by atoms with Crippen LogP contribution in [0, 0.1) is 11.7 Å². The van der Waals surface area contributed by atoms with E-state index in [2.05, 4.69) is 0 Å². The van der Waals surface area contributed by atoms with Gasteiger partial charge in [-0.25, -0.2) is 14.4 Å². The number of hydroxylamine groups is 1. The molecule has 0 spiro atoms. The fourth-order valence-corrected chi connectivity index (χ4v) is 4.28. The first-order valence-corrected chi connectivity index (χ1v) is 9.87. The van der Waals surface area contributed by atoms with Crippen LogP contribution in [0.1, 0.15) is 11.6 Å². The van der Waals surface area contributed by atoms with Crippen molar-refractivity contribution in [1.82, 2.24) is 0 Å². The summed E-state index contributed by atoms with van der Waals surface area (Å²) in [6.07, 6.45) is -0.993. The largest absolute Gasteiger partial charge is 0.496 e. The van der Waals surface area contributed by atoms with Crippen molar-refractivity contribution in [2.24, 2.45) is 5.92 Å². The standard InChI is InChI=1S/C24H19FN2O4/c1-30-19-10-6-5-9-18(19)21-20-22(31-27(21)17-7-3-2-4-8-17)24(29)26(23(20)28)16-13-11-15(25)12-14-16/h2-14,20-22H,1H3/t20-,21-,22-/m0/s1. The Kier molecular flexibility index (Phi) is 4.67. The van der Waals surface area contributed by atoms with Crippen molar-refractivity contribution in [3.63, 3.8) is 0 Å². The van der Waals surface area contributed by atoms with Gasteiger partial charge in [-0.15, -0.1) is 0 Å². The number of amides is 2. The number of halogens is 1. The number of para-hydroxylation sites is 2. The number of methoxy groups -OCH3 is 1. The molecule has 5 rings (SSSR count). The Hall–Kier alpha value is -3.71. The molecule has 31 heavy (non-hydrogen) atoms. The van der Waals surface area contributed by atoms with Gasteiger partial charge in [-0.05, 0) is 42.5 Å². The molecule has 6 nitrogen and oxygen atoms in total. The van der Waals surface area contributed by atoms with E-state index in [0.717, 1.165) is 16.2 Å². The van der Waals surface area contributed by atoms with E-state index >= 15 is 0 Å². The van der Waals surface area contributed by atoms with Gasteiger partial charge in [0.15, 0.2) is 6.10 Å². The molecule has 156 valence electrons. The summed E-state index contributed by atoms with van der Waals surface area (Å²) in [4.78, 5) is 33.9. The monoisotopic (exact) mass is 418 g/mol. The molecule has 2 saturated heterocycles. The van der Waals surface area contributed by atoms with Crippen molar-refractivity contribution >= 4 is 23.2 Å². The first kappa shape index (κ1) is 19.3. The van der Waals surface area contributed by atoms with Gasteiger partial charge in [0.25, 0.3) is 5.91 Å². The van der Waals surface area contributed by atoms with E-state index in [1.807, 2.05) is 54.6 Å². The zero-order valence-electron chi connectivity index (χ0n) is 16.6. The highest BCUT2D eigenvalue weighted by atomic mass is 19.1. The lowest BCUT2D eigenvalue weighted by Gasteiger charge is -2.29. The van der Waals surface area contributed by atoms with Gasteiger partial charge in [0, 0.05) is 5.56 Å². The smallest absolute Gasteiger partial charge is 0.266 e. The molecule has 0 radical (unpaired) electrons. The molecule has 2 fully saturated rings. The third-order valence-corrected chi connectivity index (χ3v) is 5.67. The van der Waals surface area contributed by atoms with Crippen LogP contribution in [0.5, 0.6) is 5.75 Å². The average molecular weight is 418 g/mol. The Labute approximate surface area is 178 Å². The fraction of sp³-hybridized carbons (Fsp3) is 0.167. The van der Waals surface area contributed by atoms with Crippen LogP contribution in [0.2, 0.25) is 0 Å². The number of anilines is 2. The molecular weight excluding hydrogens is 399 g/mol. The summed E-state index contributed by atoms with van der Waals surface area (Å²) >= 11 is 0. The maximum absolute atomic E-state index is 13.5. The summed E-state index contributed by atoms with van der Waals surface area (Å²) in [6.45, 7) is 0. The van der Waals surface area contributed by atoms with Crippen molar-refractivity contribution in [3.05, 3.63) is 90.2 Å². The van der Waals surface area contributed by atoms with Gasteiger partial charge in [-0.3, -0.25) is 14.4 Å². The van der Waals surface area contributed by atoms with E-state index in [1.165, 1.54) is 24.3 Å². The van der Waals surface area contributed by atoms with E-state index in [0.29, 0.717) is 11.4 Å². The second kappa shape index (κ2) is 7.52. The van der Waals surface area contributed by atoms with Crippen molar-refractivity contribution in [2.45, 2.75) is 12.1 Å². The van der Waals surface area contributed by atoms with Gasteiger partial charge in [-0.1, -0.05) is 36.4 Å². The molecule has 2 aliphatic heterocycles. The molecule has 2 amide bonds. The molecule has 0 saturated carbocycles. The van der Waals surface area contributed by atoms with Crippen LogP contribution >= 0.6 is 0 Å². The van der Waals surface area contributed by atoms with Crippen LogP contribution in [0.25, 0.3) is 0 Å². The van der Waals surface area contributed by atoms with E-state index in [1.54, 1.807) is 12.2 Å². The molecular formula is C24H19FN2O4. The van der Waals surface area contributed by atoms with Gasteiger partial charge in [0.2, 0.25) is 5.91 Å². The minimum Gasteiger partial charge on any atom is -0.496 e. The summed E-state index contributed by atoms with van der Waals surface area (Å²) < 4.78 is 18.9. The van der Waals surface area contributed by atoms with Gasteiger partial charge >= 0.3 is 0 Å². The highest BCUT2D eigenvalue weighted by Crippen LogP contribution is 2.49. The maximum atomic E-state index is 13.5. The van der Waals surface area contributed by atoms with Crippen molar-refractivity contribution in [1.29, 1.82) is 0 Å². The normalized spacial score (nSPS) is 22.7. The van der Waals surface area contributed by atoms with Crippen LogP contribution in [0.3, 0.4) is 0 Å². The maximum Gasteiger partial charge on any atom is 0.266 e. The fourth-order valence-electron chi connectivity index (χ4n) is 4.28. The van der Waals surface area contributed by atoms with Crippen LogP contribution < -0.4 is 14.7 Å². The Morgan fingerprint density at radius 2 is 1.52 bits per heavy atom. The van der Waals surface area contributed by atoms with Crippen molar-refractivity contribution in [2.75, 3.05) is 17.1 Å². The number of imide groups is 1. The molecule has 3 atom stereocenters. The molecule has 7 heteroatoms. The van der Waals surface area contributed by atoms with Gasteiger partial charge < -0.3 is 4.74 Å². The van der Waals surface area contributed by atoms with Gasteiger partial charge in [0.1, 0.15) is 17.5 Å². The molecule has 2 heterocycles. The highest BCUT2D eigenvalue weighted by Gasteiger charge is 2.60. The van der Waals surface area contributed by atoms with Crippen molar-refractivity contribution < 1.29 is 23.6 Å². The van der Waals surface area contributed by atoms with Crippen molar-refractivity contribution in [3.8, 4) is 5.75 Å². The molecule has 0 unspecified atom stereocenters. The van der Waals surface area contributed by atoms with Crippen LogP contribution in [0.15, 0.2) is 78.9 Å². The summed E-state index contributed by atoms with van der Waals surface area (Å²) in [5.74, 6) is -1.50. The van der Waals surface area contributed by atoms with E-state index in [4.69, 9.17) is 9.57 Å². The molecule has 3 aromatic carbocycles. The summed E-state index contributed by atoms with van der Waals surface area (Å²) in [5, 5.41) is 1.62. The minimum absolute atomic E-state index is 0.319. The zero-order chi connectivity index (χ0) is 21.5. The molecule has 2 aliphatic rings. The summed E-state index contributed by atoms with van der Waals surface area (Å²) in [5.41, 5.74) is 1.78. The van der Waals surface area contributed by atoms with E-state index in [-0.39, 0.29) is 0 Å². The Morgan fingerprint density at radius 3 is 2.23 bits per heavy atom. The average Bonchev–Trinajstić information content (AvgIpc) is 3.31. The zero-order valence-corrected chi connectivity index (χ0v) is 16.6. The molecule has 0 N–H and O–H groups in total. The molecule has 0 bridgehead atoms. The number of hydrogen-bond acceptors (Lipinski definition) is 5. The van der Waals surface area contributed by atoms with Crippen LogP contribution in [0.4, 0.5) is 15.8 Å². The molecule has 0 aromatic heterocycles. The Bertz CT molecular complexity index is 1140. The summed E-state index contributed by atoms with van der Waals surface area (Å²) in [7, 11) is 1.56. The van der Waals surface area contributed by atoms with E-state index in [9.17, 15) is 14.0 Å². The predicted molar refractivity (Wildman–Crippen MR) is 112 cm³/mol. The number of fused-ring (bicyclic) bond motifs is 1. The Balaban J connectivity index is 1.61. The first-order valence-electron chi connectivity index (χ1n) is 9.87. The quantitative estimate of drug-likeness (QED) is 0.602. The number of hydrogen-bond donors (Lipinski definition) is 0. The van der Waals surface area contributed by atoms with E-state index < -0.39 is 35.7 Å². The Morgan fingerprint density at radius 1 is 0.839 bits per heavy atom. The number of carbonyl (C=O) groups is 2. The number of ether oxygens (including phenoxy) is 1. The molecule has 0 aliphatic carbocycles. The lowest BCUT2D eigenvalue weighted by molar-refractivity contribution is -0.126. The third kappa shape index (κ3) is 3.05. The topological polar surface area (TPSA) is 59.1 Å². The predicted octanol–water partition coefficient (Wildman–Crippen LogP) is 3.89. The van der Waals surface area contributed by atoms with Crippen LogP contribution in [-0.4, -0.2) is 25.0 Å². The SMILES string of the molecule is COc1ccccc1[C@H]1[C@@H]2C(=O)N(c3ccc(F)cc3)C(=O)[C@H]2ON1c1ccccc1. The second-order valence-electron chi connectivity index (χ2n) is 7.39. The lowest BCUT2D eigenvalue weighted by Crippen LogP contribution is -2.37. The lowest BCUT2D eigenvalue weighted by atomic mass is 9.90. The van der Waals surface area contributed by atoms with Gasteiger partial charge in [-0.2, -0.15) is 0 Å². The molecule has 3 aromatic rings. The number of benzene rings is 3. The van der Waals surface area contributed by atoms with Gasteiger partial charge in [0.05, 0.1) is 24.5 Å². The first-order chi connectivity index (χ1) is 15.1. The highest BCUT2D eigenvalue weighted by molar-refractivity contribution is 6.23.